The summed E-state index contributed by atoms with van der Waals surface area (Å²) in [6.07, 6.45) is 1.07. The molecule has 4 heteroatoms. The van der Waals surface area contributed by atoms with Gasteiger partial charge in [-0.1, -0.05) is 6.92 Å². The molecule has 1 aliphatic rings. The Morgan fingerprint density at radius 3 is 2.87 bits per heavy atom. The second-order valence-corrected chi connectivity index (χ2v) is 4.47. The van der Waals surface area contributed by atoms with Gasteiger partial charge < -0.3 is 9.64 Å². The van der Waals surface area contributed by atoms with Gasteiger partial charge in [-0.25, -0.2) is 0 Å². The van der Waals surface area contributed by atoms with E-state index in [4.69, 9.17) is 16.3 Å². The topological polar surface area (TPSA) is 29.5 Å². The summed E-state index contributed by atoms with van der Waals surface area (Å²) in [4.78, 5) is 13.8. The molecular formula is C11H20ClNO2. The van der Waals surface area contributed by atoms with Gasteiger partial charge in [0.2, 0.25) is 5.91 Å². The summed E-state index contributed by atoms with van der Waals surface area (Å²) in [5, 5.41) is 0. The fraction of sp³-hybridized carbons (Fsp3) is 0.909. The van der Waals surface area contributed by atoms with E-state index in [1.807, 2.05) is 18.7 Å². The number of halogens is 1. The highest BCUT2D eigenvalue weighted by molar-refractivity contribution is 6.19. The first-order valence-corrected chi connectivity index (χ1v) is 6.15. The van der Waals surface area contributed by atoms with E-state index in [2.05, 4.69) is 0 Å². The zero-order chi connectivity index (χ0) is 11.3. The molecule has 0 bridgehead atoms. The van der Waals surface area contributed by atoms with Gasteiger partial charge in [-0.3, -0.25) is 4.79 Å². The number of rotatable bonds is 5. The van der Waals surface area contributed by atoms with Gasteiger partial charge in [0.25, 0.3) is 0 Å². The molecule has 1 amide bonds. The first kappa shape index (κ1) is 12.8. The predicted molar refractivity (Wildman–Crippen MR) is 61.1 cm³/mol. The van der Waals surface area contributed by atoms with Crippen molar-refractivity contribution in [2.75, 3.05) is 32.2 Å². The van der Waals surface area contributed by atoms with Crippen LogP contribution in [0.4, 0.5) is 0 Å². The Labute approximate surface area is 96.7 Å². The third-order valence-electron chi connectivity index (χ3n) is 2.85. The minimum atomic E-state index is -0.0751. The van der Waals surface area contributed by atoms with Gasteiger partial charge in [0, 0.05) is 37.4 Å². The van der Waals surface area contributed by atoms with E-state index in [1.54, 1.807) is 0 Å². The van der Waals surface area contributed by atoms with Crippen molar-refractivity contribution in [2.45, 2.75) is 20.3 Å². The molecule has 0 aromatic rings. The first-order chi connectivity index (χ1) is 7.19. The second kappa shape index (κ2) is 6.33. The summed E-state index contributed by atoms with van der Waals surface area (Å²) in [6, 6.07) is 0. The predicted octanol–water partition coefficient (Wildman–Crippen LogP) is 1.75. The Morgan fingerprint density at radius 2 is 2.40 bits per heavy atom. The smallest absolute Gasteiger partial charge is 0.226 e. The minimum Gasteiger partial charge on any atom is -0.381 e. The number of ether oxygens (including phenoxy) is 1. The molecule has 0 N–H and O–H groups in total. The van der Waals surface area contributed by atoms with Crippen molar-refractivity contribution in [3.63, 3.8) is 0 Å². The van der Waals surface area contributed by atoms with Crippen molar-refractivity contribution in [1.29, 1.82) is 0 Å². The van der Waals surface area contributed by atoms with Crippen molar-refractivity contribution >= 4 is 17.5 Å². The van der Waals surface area contributed by atoms with Crippen LogP contribution in [-0.4, -0.2) is 43.0 Å². The zero-order valence-corrected chi connectivity index (χ0v) is 10.3. The Morgan fingerprint density at radius 1 is 1.67 bits per heavy atom. The molecule has 1 saturated heterocycles. The molecule has 1 rings (SSSR count). The van der Waals surface area contributed by atoms with Crippen molar-refractivity contribution in [3.05, 3.63) is 0 Å². The van der Waals surface area contributed by atoms with E-state index in [9.17, 15) is 4.79 Å². The number of hydrogen-bond acceptors (Lipinski definition) is 2. The molecule has 1 heterocycles. The van der Waals surface area contributed by atoms with E-state index in [1.165, 1.54) is 0 Å². The number of carbonyl (C=O) groups is 1. The van der Waals surface area contributed by atoms with Crippen LogP contribution in [0.1, 0.15) is 20.3 Å². The number of carbonyl (C=O) groups excluding carboxylic acids is 1. The third kappa shape index (κ3) is 3.65. The van der Waals surface area contributed by atoms with Crippen LogP contribution in [0, 0.1) is 11.8 Å². The van der Waals surface area contributed by atoms with Gasteiger partial charge in [0.1, 0.15) is 0 Å². The van der Waals surface area contributed by atoms with Gasteiger partial charge in [-0.15, -0.1) is 11.6 Å². The lowest BCUT2D eigenvalue weighted by Gasteiger charge is -2.26. The summed E-state index contributed by atoms with van der Waals surface area (Å²) in [5.41, 5.74) is 0. The maximum Gasteiger partial charge on any atom is 0.226 e. The molecule has 0 radical (unpaired) electrons. The van der Waals surface area contributed by atoms with Crippen molar-refractivity contribution in [1.82, 2.24) is 4.90 Å². The van der Waals surface area contributed by atoms with E-state index in [-0.39, 0.29) is 11.8 Å². The van der Waals surface area contributed by atoms with Crippen LogP contribution in [-0.2, 0) is 9.53 Å². The number of amides is 1. The molecule has 0 spiro atoms. The highest BCUT2D eigenvalue weighted by atomic mass is 35.5. The van der Waals surface area contributed by atoms with Gasteiger partial charge in [0.05, 0.1) is 6.61 Å². The maximum atomic E-state index is 11.9. The summed E-state index contributed by atoms with van der Waals surface area (Å²) in [5.74, 6) is 1.00. The lowest BCUT2D eigenvalue weighted by atomic mass is 10.1. The Hall–Kier alpha value is -0.280. The normalized spacial score (nSPS) is 22.7. The zero-order valence-electron chi connectivity index (χ0n) is 9.54. The number of nitrogens with zero attached hydrogens (tertiary/aromatic N) is 1. The standard InChI is InChI=1S/C11H20ClNO2/c1-3-13(11(14)9(2)6-12)7-10-4-5-15-8-10/h9-10H,3-8H2,1-2H3. The lowest BCUT2D eigenvalue weighted by molar-refractivity contribution is -0.134. The summed E-state index contributed by atoms with van der Waals surface area (Å²) in [7, 11) is 0. The van der Waals surface area contributed by atoms with Crippen LogP contribution >= 0.6 is 11.6 Å². The molecule has 0 saturated carbocycles. The molecule has 2 atom stereocenters. The molecule has 15 heavy (non-hydrogen) atoms. The van der Waals surface area contributed by atoms with Gasteiger partial charge >= 0.3 is 0 Å². The molecule has 88 valence electrons. The van der Waals surface area contributed by atoms with Gasteiger partial charge in [-0.2, -0.15) is 0 Å². The summed E-state index contributed by atoms with van der Waals surface area (Å²) < 4.78 is 5.30. The molecular weight excluding hydrogens is 214 g/mol. The van der Waals surface area contributed by atoms with Gasteiger partial charge in [0.15, 0.2) is 0 Å². The monoisotopic (exact) mass is 233 g/mol. The summed E-state index contributed by atoms with van der Waals surface area (Å²) >= 11 is 5.69. The minimum absolute atomic E-state index is 0.0751. The van der Waals surface area contributed by atoms with Crippen molar-refractivity contribution in [2.24, 2.45) is 11.8 Å². The van der Waals surface area contributed by atoms with E-state index >= 15 is 0 Å². The van der Waals surface area contributed by atoms with Crippen molar-refractivity contribution in [3.8, 4) is 0 Å². The van der Waals surface area contributed by atoms with E-state index in [0.717, 1.165) is 32.7 Å². The average Bonchev–Trinajstić information content (AvgIpc) is 2.76. The number of hydrogen-bond donors (Lipinski definition) is 0. The fourth-order valence-electron chi connectivity index (χ4n) is 1.79. The molecule has 0 aromatic heterocycles. The maximum absolute atomic E-state index is 11.9. The average molecular weight is 234 g/mol. The number of alkyl halides is 1. The lowest BCUT2D eigenvalue weighted by Crippen LogP contribution is -2.39. The SMILES string of the molecule is CCN(CC1CCOC1)C(=O)C(C)CCl. The Kier molecular flexibility index (Phi) is 5.40. The molecule has 0 aromatic carbocycles. The Bertz CT molecular complexity index is 205. The molecule has 1 fully saturated rings. The van der Waals surface area contributed by atoms with Gasteiger partial charge in [-0.05, 0) is 13.3 Å². The van der Waals surface area contributed by atoms with E-state index in [0.29, 0.717) is 11.8 Å². The molecule has 1 aliphatic heterocycles. The molecule has 2 unspecified atom stereocenters. The van der Waals surface area contributed by atoms with Crippen molar-refractivity contribution < 1.29 is 9.53 Å². The Balaban J connectivity index is 2.43. The van der Waals surface area contributed by atoms with Crippen LogP contribution in [0.3, 0.4) is 0 Å². The highest BCUT2D eigenvalue weighted by Crippen LogP contribution is 2.15. The fourth-order valence-corrected chi connectivity index (χ4v) is 1.92. The van der Waals surface area contributed by atoms with Crippen LogP contribution < -0.4 is 0 Å². The summed E-state index contributed by atoms with van der Waals surface area (Å²) in [6.45, 7) is 7.09. The largest absolute Gasteiger partial charge is 0.381 e. The highest BCUT2D eigenvalue weighted by Gasteiger charge is 2.23. The van der Waals surface area contributed by atoms with Crippen LogP contribution in [0.25, 0.3) is 0 Å². The van der Waals surface area contributed by atoms with Crippen LogP contribution in [0.15, 0.2) is 0 Å². The third-order valence-corrected chi connectivity index (χ3v) is 3.31. The molecule has 3 nitrogen and oxygen atoms in total. The molecule has 0 aliphatic carbocycles. The van der Waals surface area contributed by atoms with E-state index < -0.39 is 0 Å². The second-order valence-electron chi connectivity index (χ2n) is 4.16. The van der Waals surface area contributed by atoms with Crippen LogP contribution in [0.2, 0.25) is 0 Å². The first-order valence-electron chi connectivity index (χ1n) is 5.61. The quantitative estimate of drug-likeness (QED) is 0.678. The van der Waals surface area contributed by atoms with Crippen LogP contribution in [0.5, 0.6) is 0 Å².